The second-order valence-corrected chi connectivity index (χ2v) is 5.84. The summed E-state index contributed by atoms with van der Waals surface area (Å²) in [4.78, 5) is 20.8. The van der Waals surface area contributed by atoms with Crippen LogP contribution in [0.5, 0.6) is 0 Å². The Hall–Kier alpha value is -3.86. The number of pyridine rings is 1. The van der Waals surface area contributed by atoms with E-state index < -0.39 is 5.91 Å². The highest BCUT2D eigenvalue weighted by molar-refractivity contribution is 6.60. The van der Waals surface area contributed by atoms with Gasteiger partial charge >= 0.3 is 0 Å². The predicted molar refractivity (Wildman–Crippen MR) is 105 cm³/mol. The number of hydrogen-bond donors (Lipinski definition) is 4. The lowest BCUT2D eigenvalue weighted by atomic mass is 10.3. The first-order valence-corrected chi connectivity index (χ1v) is 8.41. The van der Waals surface area contributed by atoms with Crippen LogP contribution in [0.4, 0.5) is 11.5 Å². The number of rotatable bonds is 6. The van der Waals surface area contributed by atoms with Crippen molar-refractivity contribution < 1.29 is 4.79 Å². The number of aliphatic imine (C=N–C) groups is 1. The van der Waals surface area contributed by atoms with Gasteiger partial charge in [0.25, 0.3) is 5.91 Å². The van der Waals surface area contributed by atoms with E-state index in [1.54, 1.807) is 29.5 Å². The number of hydrogen-bond acceptors (Lipinski definition) is 10. The third-order valence-electron chi connectivity index (χ3n) is 3.77. The molecule has 1 aliphatic heterocycles. The van der Waals surface area contributed by atoms with Crippen LogP contribution in [-0.4, -0.2) is 33.0 Å². The normalized spacial score (nSPS) is 13.8. The fraction of sp³-hybridized carbons (Fsp3) is 0.176. The summed E-state index contributed by atoms with van der Waals surface area (Å²) in [6, 6.07) is 7.18. The van der Waals surface area contributed by atoms with Gasteiger partial charge in [-0.05, 0) is 38.1 Å². The molecule has 3 rings (SSSR count). The topological polar surface area (TPSA) is 146 Å². The van der Waals surface area contributed by atoms with Gasteiger partial charge in [-0.1, -0.05) is 0 Å². The summed E-state index contributed by atoms with van der Waals surface area (Å²) in [5.41, 5.74) is 8.51. The van der Waals surface area contributed by atoms with Crippen molar-refractivity contribution in [3.63, 3.8) is 0 Å². The first-order chi connectivity index (χ1) is 13.6. The summed E-state index contributed by atoms with van der Waals surface area (Å²) >= 11 is 0. The zero-order valence-corrected chi connectivity index (χ0v) is 15.4. The van der Waals surface area contributed by atoms with Crippen molar-refractivity contribution in [2.75, 3.05) is 5.01 Å². The van der Waals surface area contributed by atoms with Gasteiger partial charge in [0, 0.05) is 18.1 Å². The van der Waals surface area contributed by atoms with Gasteiger partial charge in [0.2, 0.25) is 0 Å². The van der Waals surface area contributed by atoms with Crippen LogP contribution in [0, 0.1) is 13.8 Å². The van der Waals surface area contributed by atoms with Crippen LogP contribution in [-0.2, 0) is 11.3 Å². The van der Waals surface area contributed by atoms with Crippen molar-refractivity contribution in [1.29, 1.82) is 0 Å². The van der Waals surface area contributed by atoms with E-state index in [4.69, 9.17) is 5.84 Å². The minimum Gasteiger partial charge on any atom is -0.345 e. The molecule has 0 atom stereocenters. The van der Waals surface area contributed by atoms with Crippen LogP contribution in [0.2, 0.25) is 0 Å². The van der Waals surface area contributed by atoms with Gasteiger partial charge in [0.05, 0.1) is 29.8 Å². The fourth-order valence-corrected chi connectivity index (χ4v) is 2.32. The number of hydrazone groups is 1. The maximum Gasteiger partial charge on any atom is 0.273 e. The molecule has 0 fully saturated rings. The van der Waals surface area contributed by atoms with Crippen LogP contribution < -0.4 is 27.1 Å². The Bertz CT molecular complexity index is 935. The van der Waals surface area contributed by atoms with Gasteiger partial charge in [-0.15, -0.1) is 10.6 Å². The molecule has 1 aliphatic rings. The maximum absolute atomic E-state index is 12.3. The molecule has 0 radical (unpaired) electrons. The number of carbonyl (C=O) groups excluding carboxylic acids is 1. The molecule has 0 spiro atoms. The molecule has 2 aromatic rings. The molecule has 5 N–H and O–H groups in total. The number of aryl methyl sites for hydroxylation is 2. The Morgan fingerprint density at radius 3 is 2.79 bits per heavy atom. The number of hydrazine groups is 2. The van der Waals surface area contributed by atoms with Gasteiger partial charge < -0.3 is 16.6 Å². The number of anilines is 1. The summed E-state index contributed by atoms with van der Waals surface area (Å²) in [6.45, 7) is 3.90. The molecule has 11 heteroatoms. The van der Waals surface area contributed by atoms with Crippen LogP contribution in [0.1, 0.15) is 17.1 Å². The number of carbonyl (C=O) groups is 1. The summed E-state index contributed by atoms with van der Waals surface area (Å²) in [7, 11) is 0. The van der Waals surface area contributed by atoms with E-state index in [1.165, 1.54) is 6.21 Å². The summed E-state index contributed by atoms with van der Waals surface area (Å²) in [6.07, 6.45) is 4.79. The predicted octanol–water partition coefficient (Wildman–Crippen LogP) is 0.122. The van der Waals surface area contributed by atoms with E-state index in [0.29, 0.717) is 17.2 Å². The second kappa shape index (κ2) is 8.68. The third-order valence-corrected chi connectivity index (χ3v) is 3.77. The molecule has 0 aromatic carbocycles. The van der Waals surface area contributed by atoms with E-state index in [1.807, 2.05) is 26.0 Å². The molecule has 3 heterocycles. The van der Waals surface area contributed by atoms with Gasteiger partial charge in [-0.2, -0.15) is 10.2 Å². The SMILES string of the molecule is Cc1ccc(N=C/C(=N\N)C(=O)NCc2ccc(N3C=CNN3)nn2)c(C)n1. The van der Waals surface area contributed by atoms with Gasteiger partial charge in [-0.3, -0.25) is 14.8 Å². The van der Waals surface area contributed by atoms with Crippen LogP contribution in [0.25, 0.3) is 0 Å². The molecule has 2 aromatic heterocycles. The van der Waals surface area contributed by atoms with E-state index >= 15 is 0 Å². The largest absolute Gasteiger partial charge is 0.345 e. The number of aromatic nitrogens is 3. The molecular weight excluding hydrogens is 360 g/mol. The van der Waals surface area contributed by atoms with Crippen LogP contribution in [0.15, 0.2) is 46.8 Å². The zero-order valence-electron chi connectivity index (χ0n) is 15.4. The Morgan fingerprint density at radius 2 is 2.14 bits per heavy atom. The molecule has 0 aliphatic carbocycles. The van der Waals surface area contributed by atoms with E-state index in [0.717, 1.165) is 11.4 Å². The van der Waals surface area contributed by atoms with Crippen molar-refractivity contribution in [3.8, 4) is 0 Å². The highest BCUT2D eigenvalue weighted by Crippen LogP contribution is 2.15. The average molecular weight is 380 g/mol. The highest BCUT2D eigenvalue weighted by atomic mass is 16.1. The van der Waals surface area contributed by atoms with Crippen molar-refractivity contribution >= 4 is 29.3 Å². The first kappa shape index (κ1) is 18.9. The smallest absolute Gasteiger partial charge is 0.273 e. The number of nitrogens with zero attached hydrogens (tertiary/aromatic N) is 6. The fourth-order valence-electron chi connectivity index (χ4n) is 2.32. The van der Waals surface area contributed by atoms with Gasteiger partial charge in [-0.25, -0.2) is 5.01 Å². The van der Waals surface area contributed by atoms with Crippen molar-refractivity contribution in [1.82, 2.24) is 31.5 Å². The molecule has 11 nitrogen and oxygen atoms in total. The summed E-state index contributed by atoms with van der Waals surface area (Å²) < 4.78 is 0. The molecule has 0 unspecified atom stereocenters. The van der Waals surface area contributed by atoms with Crippen molar-refractivity contribution in [2.45, 2.75) is 20.4 Å². The number of nitrogens with one attached hydrogen (secondary N) is 3. The van der Waals surface area contributed by atoms with E-state index in [2.05, 4.69) is 41.6 Å². The van der Waals surface area contributed by atoms with Crippen molar-refractivity contribution in [3.05, 3.63) is 53.7 Å². The minimum absolute atomic E-state index is 0.0120. The second-order valence-electron chi connectivity index (χ2n) is 5.84. The standard InChI is InChI=1S/C17H20N10O/c1-11-3-5-14(12(2)22-11)19-10-15(23-18)17(28)20-9-13-4-6-16(25-24-13)27-8-7-21-26-27/h3-8,10,21,26H,9,18H2,1-2H3,(H,20,28)/b19-10?,23-15+. The minimum atomic E-state index is -0.469. The van der Waals surface area contributed by atoms with Crippen LogP contribution in [0.3, 0.4) is 0 Å². The lowest BCUT2D eigenvalue weighted by Crippen LogP contribution is -2.36. The summed E-state index contributed by atoms with van der Waals surface area (Å²) in [5.74, 6) is 5.46. The van der Waals surface area contributed by atoms with E-state index in [-0.39, 0.29) is 12.3 Å². The molecule has 1 amide bonds. The molecule has 28 heavy (non-hydrogen) atoms. The maximum atomic E-state index is 12.3. The Balaban J connectivity index is 1.58. The third kappa shape index (κ3) is 4.65. The Morgan fingerprint density at radius 1 is 1.29 bits per heavy atom. The van der Waals surface area contributed by atoms with Gasteiger partial charge in [0.15, 0.2) is 11.5 Å². The number of amides is 1. The Kier molecular flexibility index (Phi) is 5.87. The molecular formula is C17H20N10O. The lowest BCUT2D eigenvalue weighted by Gasteiger charge is -2.13. The summed E-state index contributed by atoms with van der Waals surface area (Å²) in [5, 5.41) is 16.0. The van der Waals surface area contributed by atoms with Crippen molar-refractivity contribution in [2.24, 2.45) is 15.9 Å². The molecule has 144 valence electrons. The highest BCUT2D eigenvalue weighted by Gasteiger charge is 2.11. The first-order valence-electron chi connectivity index (χ1n) is 8.41. The number of nitrogens with two attached hydrogens (primary N) is 1. The zero-order chi connectivity index (χ0) is 19.9. The monoisotopic (exact) mass is 380 g/mol. The Labute approximate surface area is 161 Å². The average Bonchev–Trinajstić information content (AvgIpc) is 3.23. The molecule has 0 saturated carbocycles. The lowest BCUT2D eigenvalue weighted by molar-refractivity contribution is -0.114. The molecule has 0 saturated heterocycles. The van der Waals surface area contributed by atoms with Crippen LogP contribution >= 0.6 is 0 Å². The van der Waals surface area contributed by atoms with E-state index in [9.17, 15) is 4.79 Å². The molecule has 0 bridgehead atoms. The van der Waals surface area contributed by atoms with Gasteiger partial charge in [0.1, 0.15) is 0 Å². The quantitative estimate of drug-likeness (QED) is 0.314.